The summed E-state index contributed by atoms with van der Waals surface area (Å²) in [5, 5.41) is 25.7. The van der Waals surface area contributed by atoms with E-state index in [1.807, 2.05) is 6.07 Å². The lowest BCUT2D eigenvalue weighted by Gasteiger charge is -2.11. The maximum absolute atomic E-state index is 13.3. The van der Waals surface area contributed by atoms with E-state index < -0.39 is 5.82 Å². The number of hydrogen-bond donors (Lipinski definition) is 2. The van der Waals surface area contributed by atoms with Crippen molar-refractivity contribution < 1.29 is 9.13 Å². The highest BCUT2D eigenvalue weighted by Crippen LogP contribution is 2.32. The van der Waals surface area contributed by atoms with Crippen molar-refractivity contribution in [3.8, 4) is 17.6 Å². The van der Waals surface area contributed by atoms with Gasteiger partial charge in [0.1, 0.15) is 23.2 Å². The molecule has 0 unspecified atom stereocenters. The van der Waals surface area contributed by atoms with Crippen LogP contribution in [0.15, 0.2) is 48.7 Å². The van der Waals surface area contributed by atoms with Crippen LogP contribution in [0.1, 0.15) is 5.82 Å². The summed E-state index contributed by atoms with van der Waals surface area (Å²) in [6.45, 7) is 0. The van der Waals surface area contributed by atoms with E-state index in [-0.39, 0.29) is 11.4 Å². The Morgan fingerprint density at radius 2 is 2.20 bits per heavy atom. The van der Waals surface area contributed by atoms with Crippen LogP contribution in [0.2, 0.25) is 5.02 Å². The molecule has 0 spiro atoms. The first-order valence-electron chi connectivity index (χ1n) is 6.99. The number of anilines is 1. The summed E-state index contributed by atoms with van der Waals surface area (Å²) in [5.74, 6) is 0.457. The molecule has 7 nitrogen and oxygen atoms in total. The normalized spacial score (nSPS) is 11.0. The van der Waals surface area contributed by atoms with Gasteiger partial charge in [-0.15, -0.1) is 10.2 Å². The van der Waals surface area contributed by atoms with Gasteiger partial charge in [-0.25, -0.2) is 4.39 Å². The Morgan fingerprint density at radius 3 is 2.92 bits per heavy atom. The van der Waals surface area contributed by atoms with Gasteiger partial charge in [0.05, 0.1) is 5.69 Å². The fraction of sp³-hybridized carbons (Fsp3) is 0. The van der Waals surface area contributed by atoms with Crippen LogP contribution >= 0.6 is 11.6 Å². The Balaban J connectivity index is 1.88. The van der Waals surface area contributed by atoms with Crippen LogP contribution < -0.4 is 10.1 Å². The number of halogens is 2. The van der Waals surface area contributed by atoms with Crippen LogP contribution in [0.3, 0.4) is 0 Å². The molecule has 2 N–H and O–H groups in total. The lowest BCUT2D eigenvalue weighted by Crippen LogP contribution is -1.96. The SMILES string of the molecule is N#CC(=CNc1cc(Cl)ccc1Oc1cccc(F)c1)c1nn[nH]n1. The van der Waals surface area contributed by atoms with E-state index in [1.165, 1.54) is 24.4 Å². The van der Waals surface area contributed by atoms with Gasteiger partial charge < -0.3 is 10.1 Å². The van der Waals surface area contributed by atoms with Crippen LogP contribution in [-0.4, -0.2) is 20.6 Å². The number of aromatic nitrogens is 4. The first-order valence-corrected chi connectivity index (χ1v) is 7.37. The van der Waals surface area contributed by atoms with Crippen LogP contribution in [0.4, 0.5) is 10.1 Å². The second-order valence-corrected chi connectivity index (χ2v) is 5.19. The standard InChI is InChI=1S/C16H10ClFN6O/c17-11-4-5-15(25-13-3-1-2-12(18)7-13)14(6-11)20-9-10(8-19)16-21-23-24-22-16/h1-7,9,20H,(H,21,22,23,24). The quantitative estimate of drug-likeness (QED) is 0.675. The number of allylic oxidation sites excluding steroid dienone is 1. The molecule has 3 aromatic rings. The van der Waals surface area contributed by atoms with Gasteiger partial charge in [0.25, 0.3) is 0 Å². The van der Waals surface area contributed by atoms with E-state index in [9.17, 15) is 9.65 Å². The van der Waals surface area contributed by atoms with Crippen molar-refractivity contribution in [2.45, 2.75) is 0 Å². The Kier molecular flexibility index (Phi) is 4.87. The number of rotatable bonds is 5. The molecule has 0 saturated heterocycles. The summed E-state index contributed by atoms with van der Waals surface area (Å²) in [4.78, 5) is 0. The first kappa shape index (κ1) is 16.4. The van der Waals surface area contributed by atoms with Crippen molar-refractivity contribution in [1.29, 1.82) is 5.26 Å². The molecule has 0 saturated carbocycles. The fourth-order valence-electron chi connectivity index (χ4n) is 1.93. The average molecular weight is 357 g/mol. The molecular formula is C16H10ClFN6O. The van der Waals surface area contributed by atoms with E-state index in [0.29, 0.717) is 22.2 Å². The van der Waals surface area contributed by atoms with Crippen molar-refractivity contribution in [3.63, 3.8) is 0 Å². The molecule has 3 rings (SSSR count). The summed E-state index contributed by atoms with van der Waals surface area (Å²) < 4.78 is 19.0. The smallest absolute Gasteiger partial charge is 0.216 e. The summed E-state index contributed by atoms with van der Waals surface area (Å²) >= 11 is 6.01. The highest BCUT2D eigenvalue weighted by molar-refractivity contribution is 6.30. The lowest BCUT2D eigenvalue weighted by molar-refractivity contribution is 0.479. The molecular weight excluding hydrogens is 347 g/mol. The Morgan fingerprint density at radius 1 is 1.32 bits per heavy atom. The van der Waals surface area contributed by atoms with Gasteiger partial charge in [0, 0.05) is 17.3 Å². The summed E-state index contributed by atoms with van der Waals surface area (Å²) in [7, 11) is 0. The van der Waals surface area contributed by atoms with Crippen molar-refractivity contribution in [1.82, 2.24) is 20.6 Å². The van der Waals surface area contributed by atoms with Gasteiger partial charge in [-0.1, -0.05) is 17.7 Å². The molecule has 0 aliphatic heterocycles. The third-order valence-corrected chi connectivity index (χ3v) is 3.28. The molecule has 124 valence electrons. The number of H-pyrrole nitrogens is 1. The largest absolute Gasteiger partial charge is 0.455 e. The average Bonchev–Trinajstić information content (AvgIpc) is 3.12. The van der Waals surface area contributed by atoms with Crippen LogP contribution in [0.5, 0.6) is 11.5 Å². The third kappa shape index (κ3) is 4.10. The van der Waals surface area contributed by atoms with Gasteiger partial charge in [-0.3, -0.25) is 0 Å². The molecule has 2 aromatic carbocycles. The van der Waals surface area contributed by atoms with E-state index in [1.54, 1.807) is 24.3 Å². The number of benzene rings is 2. The number of nitrogens with one attached hydrogen (secondary N) is 2. The number of ether oxygens (including phenoxy) is 1. The molecule has 0 aliphatic carbocycles. The summed E-state index contributed by atoms with van der Waals surface area (Å²) in [5.41, 5.74) is 0.637. The molecule has 1 heterocycles. The molecule has 0 atom stereocenters. The fourth-order valence-corrected chi connectivity index (χ4v) is 2.11. The van der Waals surface area contributed by atoms with Gasteiger partial charge in [0.15, 0.2) is 5.75 Å². The number of nitriles is 1. The van der Waals surface area contributed by atoms with Crippen LogP contribution in [0, 0.1) is 17.1 Å². The predicted molar refractivity (Wildman–Crippen MR) is 89.3 cm³/mol. The maximum Gasteiger partial charge on any atom is 0.216 e. The number of tetrazole rings is 1. The Bertz CT molecular complexity index is 952. The van der Waals surface area contributed by atoms with Crippen molar-refractivity contribution in [2.75, 3.05) is 5.32 Å². The Hall–Kier alpha value is -3.44. The number of hydrogen-bond acceptors (Lipinski definition) is 6. The first-order chi connectivity index (χ1) is 12.2. The zero-order valence-corrected chi connectivity index (χ0v) is 13.3. The topological polar surface area (TPSA) is 99.5 Å². The summed E-state index contributed by atoms with van der Waals surface area (Å²) in [6, 6.07) is 12.6. The summed E-state index contributed by atoms with van der Waals surface area (Å²) in [6.07, 6.45) is 1.40. The molecule has 0 amide bonds. The molecule has 0 fully saturated rings. The minimum atomic E-state index is -0.412. The van der Waals surface area contributed by atoms with Crippen LogP contribution in [-0.2, 0) is 0 Å². The van der Waals surface area contributed by atoms with Crippen molar-refractivity contribution in [3.05, 3.63) is 65.3 Å². The van der Waals surface area contributed by atoms with Crippen LogP contribution in [0.25, 0.3) is 5.57 Å². The highest BCUT2D eigenvalue weighted by Gasteiger charge is 2.09. The molecule has 25 heavy (non-hydrogen) atoms. The molecule has 9 heteroatoms. The Labute approximate surface area is 146 Å². The number of nitrogens with zero attached hydrogens (tertiary/aromatic N) is 4. The van der Waals surface area contributed by atoms with Gasteiger partial charge >= 0.3 is 0 Å². The molecule has 1 aromatic heterocycles. The van der Waals surface area contributed by atoms with Crippen molar-refractivity contribution in [2.24, 2.45) is 0 Å². The predicted octanol–water partition coefficient (Wildman–Crippen LogP) is 3.76. The third-order valence-electron chi connectivity index (χ3n) is 3.04. The minimum Gasteiger partial charge on any atom is -0.455 e. The van der Waals surface area contributed by atoms with E-state index in [0.717, 1.165) is 0 Å². The van der Waals surface area contributed by atoms with Gasteiger partial charge in [-0.05, 0) is 35.5 Å². The van der Waals surface area contributed by atoms with E-state index >= 15 is 0 Å². The van der Waals surface area contributed by atoms with Gasteiger partial charge in [0.2, 0.25) is 5.82 Å². The minimum absolute atomic E-state index is 0.143. The lowest BCUT2D eigenvalue weighted by atomic mass is 10.2. The second-order valence-electron chi connectivity index (χ2n) is 4.75. The molecule has 0 bridgehead atoms. The zero-order chi connectivity index (χ0) is 17.6. The second kappa shape index (κ2) is 7.42. The van der Waals surface area contributed by atoms with E-state index in [2.05, 4.69) is 25.9 Å². The maximum atomic E-state index is 13.3. The molecule has 0 radical (unpaired) electrons. The number of aromatic amines is 1. The zero-order valence-electron chi connectivity index (χ0n) is 12.6. The van der Waals surface area contributed by atoms with Crippen molar-refractivity contribution >= 4 is 22.9 Å². The van der Waals surface area contributed by atoms with Gasteiger partial charge in [-0.2, -0.15) is 10.5 Å². The van der Waals surface area contributed by atoms with E-state index in [4.69, 9.17) is 16.3 Å². The molecule has 0 aliphatic rings. The monoisotopic (exact) mass is 356 g/mol. The highest BCUT2D eigenvalue weighted by atomic mass is 35.5.